The molecule has 0 rings (SSSR count). The molecule has 0 aromatic carbocycles. The van der Waals surface area contributed by atoms with Gasteiger partial charge >= 0.3 is 24.0 Å². The molecule has 0 aliphatic rings. The van der Waals surface area contributed by atoms with Crippen LogP contribution < -0.4 is 0 Å². The number of hydrogen-bond donors (Lipinski definition) is 0. The predicted octanol–water partition coefficient (Wildman–Crippen LogP) is 2.63. The second-order valence-corrected chi connectivity index (χ2v) is 3.90. The van der Waals surface area contributed by atoms with Crippen LogP contribution in [0.4, 0.5) is 22.0 Å². The Kier molecular flexibility index (Phi) is 6.60. The van der Waals surface area contributed by atoms with Gasteiger partial charge in [0.2, 0.25) is 0 Å². The highest BCUT2D eigenvalue weighted by Crippen LogP contribution is 2.32. The lowest BCUT2D eigenvalue weighted by Gasteiger charge is -2.16. The van der Waals surface area contributed by atoms with Crippen LogP contribution in [0.2, 0.25) is 0 Å². The van der Waals surface area contributed by atoms with E-state index in [4.69, 9.17) is 0 Å². The zero-order valence-corrected chi connectivity index (χ0v) is 10.6. The number of rotatable bonds is 7. The van der Waals surface area contributed by atoms with Crippen molar-refractivity contribution >= 4 is 11.9 Å². The fraction of sp³-hybridized carbons (Fsp3) is 0.636. The maximum atomic E-state index is 12.8. The largest absolute Gasteiger partial charge is 0.462 e. The highest BCUT2D eigenvalue weighted by Gasteiger charge is 2.50. The van der Waals surface area contributed by atoms with Crippen LogP contribution in [0.25, 0.3) is 0 Å². The third kappa shape index (κ3) is 7.70. The van der Waals surface area contributed by atoms with Crippen LogP contribution in [0.5, 0.6) is 0 Å². The van der Waals surface area contributed by atoms with Crippen LogP contribution in [0.3, 0.4) is 0 Å². The average molecular weight is 304 g/mol. The van der Waals surface area contributed by atoms with Crippen LogP contribution in [0, 0.1) is 0 Å². The molecule has 0 saturated heterocycles. The van der Waals surface area contributed by atoms with E-state index in [-0.39, 0.29) is 18.6 Å². The van der Waals surface area contributed by atoms with Gasteiger partial charge in [0.25, 0.3) is 0 Å². The topological polar surface area (TPSA) is 52.6 Å². The van der Waals surface area contributed by atoms with Gasteiger partial charge in [-0.3, -0.25) is 0 Å². The molecule has 116 valence electrons. The number of halogens is 5. The summed E-state index contributed by atoms with van der Waals surface area (Å²) >= 11 is 0. The fourth-order valence-corrected chi connectivity index (χ4v) is 0.941. The normalized spacial score (nSPS) is 11.9. The molecule has 0 bridgehead atoms. The van der Waals surface area contributed by atoms with E-state index in [1.54, 1.807) is 0 Å². The molecule has 0 saturated carbocycles. The van der Waals surface area contributed by atoms with Gasteiger partial charge in [0.05, 0.1) is 13.2 Å². The molecule has 0 N–H and O–H groups in total. The van der Waals surface area contributed by atoms with Crippen molar-refractivity contribution < 1.29 is 41.0 Å². The number of carbonyl (C=O) groups is 2. The molecule has 20 heavy (non-hydrogen) atoms. The summed E-state index contributed by atoms with van der Waals surface area (Å²) in [6.45, 7) is 3.85. The van der Waals surface area contributed by atoms with E-state index in [2.05, 4.69) is 16.1 Å². The van der Waals surface area contributed by atoms with E-state index in [0.29, 0.717) is 0 Å². The molecule has 0 aliphatic carbocycles. The number of hydrogen-bond acceptors (Lipinski definition) is 4. The third-order valence-corrected chi connectivity index (χ3v) is 1.82. The molecule has 0 fully saturated rings. The van der Waals surface area contributed by atoms with Gasteiger partial charge in [-0.1, -0.05) is 6.58 Å². The van der Waals surface area contributed by atoms with Crippen LogP contribution in [-0.4, -0.2) is 37.3 Å². The summed E-state index contributed by atoms with van der Waals surface area (Å²) in [7, 11) is 0. The zero-order valence-electron chi connectivity index (χ0n) is 10.6. The number of alkyl halides is 5. The van der Waals surface area contributed by atoms with Crippen LogP contribution in [-0.2, 0) is 19.1 Å². The van der Waals surface area contributed by atoms with Gasteiger partial charge in [0.1, 0.15) is 6.42 Å². The zero-order chi connectivity index (χ0) is 16.0. The molecule has 0 amide bonds. The van der Waals surface area contributed by atoms with Crippen molar-refractivity contribution in [3.63, 3.8) is 0 Å². The highest BCUT2D eigenvalue weighted by molar-refractivity contribution is 5.86. The molecule has 0 aromatic heterocycles. The lowest BCUT2D eigenvalue weighted by atomic mass is 10.2. The first-order valence-corrected chi connectivity index (χ1v) is 5.40. The van der Waals surface area contributed by atoms with E-state index in [0.717, 1.165) is 0 Å². The minimum Gasteiger partial charge on any atom is -0.462 e. The van der Waals surface area contributed by atoms with Gasteiger partial charge in [0, 0.05) is 12.0 Å². The molecule has 0 radical (unpaired) electrons. The Morgan fingerprint density at radius 3 is 2.00 bits per heavy atom. The lowest BCUT2D eigenvalue weighted by Crippen LogP contribution is -2.36. The Hall–Kier alpha value is -1.67. The molecule has 4 nitrogen and oxygen atoms in total. The van der Waals surface area contributed by atoms with Crippen molar-refractivity contribution in [1.29, 1.82) is 0 Å². The Labute approximate surface area is 111 Å². The summed E-state index contributed by atoms with van der Waals surface area (Å²) in [5.74, 6) is -7.60. The van der Waals surface area contributed by atoms with Crippen molar-refractivity contribution in [3.8, 4) is 0 Å². The van der Waals surface area contributed by atoms with E-state index >= 15 is 0 Å². The highest BCUT2D eigenvalue weighted by atomic mass is 19.4. The molecule has 0 aliphatic heterocycles. The quantitative estimate of drug-likeness (QED) is 0.314. The monoisotopic (exact) mass is 304 g/mol. The van der Waals surface area contributed by atoms with E-state index < -0.39 is 37.1 Å². The van der Waals surface area contributed by atoms with E-state index in [1.165, 1.54) is 6.92 Å². The molecular weight excluding hydrogens is 291 g/mol. The fourth-order valence-electron chi connectivity index (χ4n) is 0.941. The first-order valence-electron chi connectivity index (χ1n) is 5.40. The van der Waals surface area contributed by atoms with Gasteiger partial charge in [-0.25, -0.2) is 9.59 Å². The molecule has 0 atom stereocenters. The molecule has 0 unspecified atom stereocenters. The minimum absolute atomic E-state index is 0.118. The van der Waals surface area contributed by atoms with Gasteiger partial charge in [-0.15, -0.1) is 0 Å². The first-order chi connectivity index (χ1) is 8.96. The Morgan fingerprint density at radius 2 is 1.55 bits per heavy atom. The third-order valence-electron chi connectivity index (χ3n) is 1.82. The standard InChI is InChI=1S/C11H13F5O4/c1-7(2)8(17)19-4-3-5-20-9(18)10(12,13)6-11(14,15)16/h1,3-6H2,2H3. The summed E-state index contributed by atoms with van der Waals surface area (Å²) in [6.07, 6.45) is -7.88. The molecule has 0 aromatic rings. The summed E-state index contributed by atoms with van der Waals surface area (Å²) in [4.78, 5) is 21.6. The van der Waals surface area contributed by atoms with Crippen molar-refractivity contribution in [2.24, 2.45) is 0 Å². The number of esters is 2. The van der Waals surface area contributed by atoms with Gasteiger partial charge in [0.15, 0.2) is 0 Å². The first kappa shape index (κ1) is 18.3. The van der Waals surface area contributed by atoms with Crippen molar-refractivity contribution in [3.05, 3.63) is 12.2 Å². The van der Waals surface area contributed by atoms with Crippen LogP contribution in [0.1, 0.15) is 19.8 Å². The summed E-state index contributed by atoms with van der Waals surface area (Å²) < 4.78 is 69.4. The minimum atomic E-state index is -5.18. The van der Waals surface area contributed by atoms with Gasteiger partial charge in [-0.05, 0) is 6.92 Å². The van der Waals surface area contributed by atoms with Crippen molar-refractivity contribution in [2.45, 2.75) is 31.9 Å². The molecular formula is C11H13F5O4. The van der Waals surface area contributed by atoms with Crippen molar-refractivity contribution in [2.75, 3.05) is 13.2 Å². The Bertz CT molecular complexity index is 375. The number of carbonyl (C=O) groups excluding carboxylic acids is 2. The smallest absolute Gasteiger partial charge is 0.395 e. The SMILES string of the molecule is C=C(C)C(=O)OCCCOC(=O)C(F)(F)CC(F)(F)F. The molecule has 9 heteroatoms. The van der Waals surface area contributed by atoms with Crippen LogP contribution in [0.15, 0.2) is 12.2 Å². The number of ether oxygens (including phenoxy) is 2. The maximum absolute atomic E-state index is 12.8. The molecule has 0 spiro atoms. The van der Waals surface area contributed by atoms with Gasteiger partial charge in [-0.2, -0.15) is 22.0 Å². The summed E-state index contributed by atoms with van der Waals surface area (Å²) in [5.41, 5.74) is 0.124. The van der Waals surface area contributed by atoms with E-state index in [1.807, 2.05) is 0 Å². The van der Waals surface area contributed by atoms with E-state index in [9.17, 15) is 31.5 Å². The van der Waals surface area contributed by atoms with Gasteiger partial charge < -0.3 is 9.47 Å². The van der Waals surface area contributed by atoms with Crippen molar-refractivity contribution in [1.82, 2.24) is 0 Å². The average Bonchev–Trinajstić information content (AvgIpc) is 2.24. The Balaban J connectivity index is 3.99. The Morgan fingerprint density at radius 1 is 1.05 bits per heavy atom. The second-order valence-electron chi connectivity index (χ2n) is 3.90. The molecule has 0 heterocycles. The maximum Gasteiger partial charge on any atom is 0.395 e. The second kappa shape index (κ2) is 7.20. The summed E-state index contributed by atoms with van der Waals surface area (Å²) in [5, 5.41) is 0. The lowest BCUT2D eigenvalue weighted by molar-refractivity contribution is -0.208. The predicted molar refractivity (Wildman–Crippen MR) is 57.0 cm³/mol. The van der Waals surface area contributed by atoms with Crippen LogP contribution >= 0.6 is 0 Å². The summed E-state index contributed by atoms with van der Waals surface area (Å²) in [6, 6.07) is 0.